The van der Waals surface area contributed by atoms with E-state index >= 15 is 0 Å². The molecule has 21 heavy (non-hydrogen) atoms. The molecule has 0 aromatic heterocycles. The Morgan fingerprint density at radius 2 is 1.81 bits per heavy atom. The Balaban J connectivity index is 2.30. The highest BCUT2D eigenvalue weighted by Crippen LogP contribution is 2.22. The first kappa shape index (κ1) is 16.3. The predicted octanol–water partition coefficient (Wildman–Crippen LogP) is 3.87. The minimum atomic E-state index is -4.01. The summed E-state index contributed by atoms with van der Waals surface area (Å²) in [6.45, 7) is 0. The summed E-state index contributed by atoms with van der Waals surface area (Å²) in [6.07, 6.45) is 0. The van der Waals surface area contributed by atoms with Crippen LogP contribution < -0.4 is 4.72 Å². The smallest absolute Gasteiger partial charge is 0.266 e. The van der Waals surface area contributed by atoms with Crippen molar-refractivity contribution in [1.82, 2.24) is 4.72 Å². The van der Waals surface area contributed by atoms with Gasteiger partial charge in [0.2, 0.25) is 0 Å². The maximum absolute atomic E-state index is 12.1. The van der Waals surface area contributed by atoms with Crippen molar-refractivity contribution in [3.63, 3.8) is 0 Å². The van der Waals surface area contributed by atoms with Gasteiger partial charge >= 0.3 is 0 Å². The Bertz CT molecular complexity index is 809. The molecule has 0 aliphatic heterocycles. The molecule has 0 aliphatic carbocycles. The summed E-state index contributed by atoms with van der Waals surface area (Å²) in [4.78, 5) is 11.9. The number of hydrogen-bond acceptors (Lipinski definition) is 3. The van der Waals surface area contributed by atoms with Gasteiger partial charge in [-0.3, -0.25) is 4.79 Å². The number of amides is 1. The third-order valence-electron chi connectivity index (χ3n) is 2.51. The van der Waals surface area contributed by atoms with E-state index < -0.39 is 15.9 Å². The van der Waals surface area contributed by atoms with Crippen molar-refractivity contribution in [2.24, 2.45) is 0 Å². The zero-order valence-corrected chi connectivity index (χ0v) is 14.2. The number of carbonyl (C=O) groups excluding carboxylic acids is 1. The van der Waals surface area contributed by atoms with Crippen molar-refractivity contribution >= 4 is 55.1 Å². The molecule has 0 spiro atoms. The molecule has 1 N–H and O–H groups in total. The molecule has 110 valence electrons. The molecule has 0 aliphatic rings. The molecule has 0 atom stereocenters. The van der Waals surface area contributed by atoms with Crippen LogP contribution in [-0.4, -0.2) is 14.3 Å². The highest BCUT2D eigenvalue weighted by atomic mass is 79.9. The quantitative estimate of drug-likeness (QED) is 0.838. The van der Waals surface area contributed by atoms with Crippen LogP contribution in [0.2, 0.25) is 10.0 Å². The van der Waals surface area contributed by atoms with Crippen molar-refractivity contribution in [2.75, 3.05) is 0 Å². The SMILES string of the molecule is O=C(NS(=O)(=O)c1cccc(Cl)c1)c1ccc(Br)cc1Cl. The average molecular weight is 409 g/mol. The van der Waals surface area contributed by atoms with E-state index in [0.717, 1.165) is 0 Å². The van der Waals surface area contributed by atoms with Crippen LogP contribution in [0, 0.1) is 0 Å². The van der Waals surface area contributed by atoms with Gasteiger partial charge in [0.25, 0.3) is 15.9 Å². The van der Waals surface area contributed by atoms with Crippen LogP contribution in [0.15, 0.2) is 51.8 Å². The van der Waals surface area contributed by atoms with Crippen molar-refractivity contribution in [3.8, 4) is 0 Å². The topological polar surface area (TPSA) is 63.2 Å². The normalized spacial score (nSPS) is 11.2. The number of nitrogens with one attached hydrogen (secondary N) is 1. The Morgan fingerprint density at radius 1 is 1.10 bits per heavy atom. The zero-order valence-electron chi connectivity index (χ0n) is 10.3. The van der Waals surface area contributed by atoms with Crippen LogP contribution in [0.5, 0.6) is 0 Å². The predicted molar refractivity (Wildman–Crippen MR) is 85.3 cm³/mol. The lowest BCUT2D eigenvalue weighted by atomic mass is 10.2. The average Bonchev–Trinajstić information content (AvgIpc) is 2.37. The van der Waals surface area contributed by atoms with Gasteiger partial charge in [0.05, 0.1) is 15.5 Å². The number of benzene rings is 2. The van der Waals surface area contributed by atoms with Gasteiger partial charge in [0.1, 0.15) is 0 Å². The number of hydrogen-bond donors (Lipinski definition) is 1. The highest BCUT2D eigenvalue weighted by Gasteiger charge is 2.20. The molecule has 4 nitrogen and oxygen atoms in total. The van der Waals surface area contributed by atoms with Crippen molar-refractivity contribution in [3.05, 3.63) is 62.5 Å². The lowest BCUT2D eigenvalue weighted by molar-refractivity contribution is 0.0981. The Morgan fingerprint density at radius 3 is 2.43 bits per heavy atom. The fourth-order valence-electron chi connectivity index (χ4n) is 1.54. The molecule has 2 aromatic carbocycles. The lowest BCUT2D eigenvalue weighted by Gasteiger charge is -2.08. The van der Waals surface area contributed by atoms with Gasteiger partial charge in [-0.05, 0) is 36.4 Å². The Labute approximate surface area is 140 Å². The van der Waals surface area contributed by atoms with E-state index in [2.05, 4.69) is 15.9 Å². The number of sulfonamides is 1. The molecule has 0 fully saturated rings. The first-order valence-corrected chi connectivity index (χ1v) is 8.60. The zero-order chi connectivity index (χ0) is 15.6. The summed E-state index contributed by atoms with van der Waals surface area (Å²) >= 11 is 14.9. The molecule has 0 heterocycles. The van der Waals surface area contributed by atoms with Crippen LogP contribution in [0.4, 0.5) is 0 Å². The lowest BCUT2D eigenvalue weighted by Crippen LogP contribution is -2.30. The van der Waals surface area contributed by atoms with Crippen LogP contribution in [0.3, 0.4) is 0 Å². The third kappa shape index (κ3) is 3.97. The van der Waals surface area contributed by atoms with Crippen LogP contribution in [0.1, 0.15) is 10.4 Å². The van der Waals surface area contributed by atoms with Gasteiger partial charge in [-0.2, -0.15) is 0 Å². The second-order valence-electron chi connectivity index (χ2n) is 4.02. The van der Waals surface area contributed by atoms with E-state index in [1.807, 2.05) is 4.72 Å². The molecule has 0 radical (unpaired) electrons. The van der Waals surface area contributed by atoms with Crippen LogP contribution >= 0.6 is 39.1 Å². The number of carbonyl (C=O) groups is 1. The molecule has 1 amide bonds. The number of rotatable bonds is 3. The second-order valence-corrected chi connectivity index (χ2v) is 7.46. The first-order valence-electron chi connectivity index (χ1n) is 5.57. The van der Waals surface area contributed by atoms with E-state index in [1.54, 1.807) is 6.07 Å². The van der Waals surface area contributed by atoms with Gasteiger partial charge in [0, 0.05) is 9.50 Å². The molecule has 0 bridgehead atoms. The number of halogens is 3. The molecule has 0 saturated carbocycles. The molecule has 0 unspecified atom stereocenters. The summed E-state index contributed by atoms with van der Waals surface area (Å²) in [5.41, 5.74) is 0.0606. The Kier molecular flexibility index (Phi) is 4.93. The van der Waals surface area contributed by atoms with Crippen LogP contribution in [0.25, 0.3) is 0 Å². The van der Waals surface area contributed by atoms with Crippen molar-refractivity contribution < 1.29 is 13.2 Å². The minimum Gasteiger partial charge on any atom is -0.268 e. The maximum atomic E-state index is 12.1. The van der Waals surface area contributed by atoms with E-state index in [9.17, 15) is 13.2 Å². The summed E-state index contributed by atoms with van der Waals surface area (Å²) in [5, 5.41) is 0.398. The first-order chi connectivity index (χ1) is 9.79. The van der Waals surface area contributed by atoms with E-state index in [-0.39, 0.29) is 20.5 Å². The molecule has 0 saturated heterocycles. The van der Waals surface area contributed by atoms with E-state index in [0.29, 0.717) is 4.47 Å². The molecule has 2 aromatic rings. The maximum Gasteiger partial charge on any atom is 0.266 e. The van der Waals surface area contributed by atoms with Crippen molar-refractivity contribution in [1.29, 1.82) is 0 Å². The van der Waals surface area contributed by atoms with Gasteiger partial charge in [-0.25, -0.2) is 13.1 Å². The standard InChI is InChI=1S/C13H8BrCl2NO3S/c14-8-4-5-11(12(16)6-8)13(18)17-21(19,20)10-3-1-2-9(15)7-10/h1-7H,(H,17,18). The largest absolute Gasteiger partial charge is 0.268 e. The van der Waals surface area contributed by atoms with Gasteiger partial charge in [0.15, 0.2) is 0 Å². The summed E-state index contributed by atoms with van der Waals surface area (Å²) in [7, 11) is -4.01. The van der Waals surface area contributed by atoms with Gasteiger partial charge in [-0.1, -0.05) is 45.2 Å². The molecular formula is C13H8BrCl2NO3S. The van der Waals surface area contributed by atoms with Gasteiger partial charge < -0.3 is 0 Å². The molecule has 8 heteroatoms. The van der Waals surface area contributed by atoms with Gasteiger partial charge in [-0.15, -0.1) is 0 Å². The summed E-state index contributed by atoms with van der Waals surface area (Å²) in [6, 6.07) is 10.1. The third-order valence-corrected chi connectivity index (χ3v) is 4.88. The Hall–Kier alpha value is -1.08. The fraction of sp³-hybridized carbons (Fsp3) is 0. The highest BCUT2D eigenvalue weighted by molar-refractivity contribution is 9.10. The monoisotopic (exact) mass is 407 g/mol. The van der Waals surface area contributed by atoms with Crippen LogP contribution in [-0.2, 0) is 10.0 Å². The van der Waals surface area contributed by atoms with E-state index in [4.69, 9.17) is 23.2 Å². The molecule has 2 rings (SSSR count). The fourth-order valence-corrected chi connectivity index (χ4v) is 3.57. The van der Waals surface area contributed by atoms with E-state index in [1.165, 1.54) is 36.4 Å². The van der Waals surface area contributed by atoms with Crippen molar-refractivity contribution in [2.45, 2.75) is 4.90 Å². The second kappa shape index (κ2) is 6.36. The summed E-state index contributed by atoms with van der Waals surface area (Å²) in [5.74, 6) is -0.813. The molecular weight excluding hydrogens is 401 g/mol. The summed E-state index contributed by atoms with van der Waals surface area (Å²) < 4.78 is 26.8. The minimum absolute atomic E-state index is 0.0606.